The van der Waals surface area contributed by atoms with Crippen LogP contribution in [0.25, 0.3) is 0 Å². The summed E-state index contributed by atoms with van der Waals surface area (Å²) < 4.78 is 44.0. The summed E-state index contributed by atoms with van der Waals surface area (Å²) in [6.45, 7) is 0.245. The van der Waals surface area contributed by atoms with Gasteiger partial charge in [-0.3, -0.25) is 4.79 Å². The molecule has 2 bridgehead atoms. The highest BCUT2D eigenvalue weighted by molar-refractivity contribution is 14.1. The van der Waals surface area contributed by atoms with Crippen LogP contribution in [0.15, 0.2) is 63.1 Å². The van der Waals surface area contributed by atoms with Crippen molar-refractivity contribution in [2.75, 3.05) is 5.32 Å². The fourth-order valence-corrected chi connectivity index (χ4v) is 7.93. The van der Waals surface area contributed by atoms with Gasteiger partial charge in [0.25, 0.3) is 15.9 Å². The fraction of sp³-hybridized carbons (Fsp3) is 0.333. The van der Waals surface area contributed by atoms with Crippen molar-refractivity contribution in [3.63, 3.8) is 0 Å². The predicted molar refractivity (Wildman–Crippen MR) is 132 cm³/mol. The molecule has 4 aliphatic rings. The quantitative estimate of drug-likeness (QED) is 0.520. The largest absolute Gasteiger partial charge is 0.511 e. The van der Waals surface area contributed by atoms with Gasteiger partial charge in [0, 0.05) is 22.1 Å². The number of amides is 1. The summed E-state index contributed by atoms with van der Waals surface area (Å²) in [6.07, 6.45) is 2.86. The lowest BCUT2D eigenvalue weighted by Gasteiger charge is -2.44. The Kier molecular flexibility index (Phi) is 5.03. The Morgan fingerprint density at radius 3 is 2.65 bits per heavy atom. The topological polar surface area (TPSA) is 99.1 Å². The van der Waals surface area contributed by atoms with E-state index in [-0.39, 0.29) is 58.2 Å². The Balaban J connectivity index is 1.45. The zero-order chi connectivity index (χ0) is 23.8. The summed E-state index contributed by atoms with van der Waals surface area (Å²) in [7, 11) is -4.06. The van der Waals surface area contributed by atoms with Crippen molar-refractivity contribution in [3.05, 3.63) is 68.7 Å². The van der Waals surface area contributed by atoms with Gasteiger partial charge in [0.2, 0.25) is 0 Å². The average molecular weight is 593 g/mol. The van der Waals surface area contributed by atoms with Gasteiger partial charge in [-0.2, -0.15) is 8.42 Å². The number of benzene rings is 2. The second-order valence-corrected chi connectivity index (χ2v) is 12.2. The number of nitrogens with zero attached hydrogens (tertiary/aromatic N) is 2. The van der Waals surface area contributed by atoms with Crippen molar-refractivity contribution < 1.29 is 22.7 Å². The molecule has 2 aromatic carbocycles. The van der Waals surface area contributed by atoms with Gasteiger partial charge in [-0.15, -0.1) is 4.40 Å². The molecule has 1 amide bonds. The molecule has 0 radical (unpaired) electrons. The van der Waals surface area contributed by atoms with Gasteiger partial charge in [0.1, 0.15) is 22.0 Å². The lowest BCUT2D eigenvalue weighted by atomic mass is 9.77. The van der Waals surface area contributed by atoms with Crippen LogP contribution in [0, 0.1) is 27.1 Å². The van der Waals surface area contributed by atoms with Gasteiger partial charge in [-0.25, -0.2) is 4.39 Å². The maximum Gasteiger partial charge on any atom is 0.286 e. The standard InChI is InChI=1S/C24H21FIN3O4S/c25-15-5-1-12(2-6-15)11-29-21-14-4-3-13(9-14)19(21)22(30)20(24(29)31)23-27-17-8-7-16(26)10-18(17)34(32,33)28-23/h1-2,5-8,10,13-14,19,21,30H,3-4,9,11H2,(H,27,28)/t13-,14+,19-,21-/m0/s1. The number of carbonyl (C=O) groups excluding carboxylic acids is 1. The predicted octanol–water partition coefficient (Wildman–Crippen LogP) is 4.21. The van der Waals surface area contributed by atoms with Crippen molar-refractivity contribution in [2.45, 2.75) is 36.7 Å². The molecule has 2 aliphatic carbocycles. The molecule has 7 nitrogen and oxygen atoms in total. The highest BCUT2D eigenvalue weighted by Gasteiger charge is 2.57. The number of hydrogen-bond donors (Lipinski definition) is 2. The van der Waals surface area contributed by atoms with Gasteiger partial charge in [-0.1, -0.05) is 12.1 Å². The Morgan fingerprint density at radius 1 is 1.15 bits per heavy atom. The van der Waals surface area contributed by atoms with E-state index in [9.17, 15) is 22.7 Å². The lowest BCUT2D eigenvalue weighted by Crippen LogP contribution is -2.53. The van der Waals surface area contributed by atoms with Crippen molar-refractivity contribution in [1.82, 2.24) is 4.90 Å². The van der Waals surface area contributed by atoms with E-state index in [4.69, 9.17) is 0 Å². The Hall–Kier alpha value is -2.47. The molecule has 0 spiro atoms. The highest BCUT2D eigenvalue weighted by Crippen LogP contribution is 2.55. The normalized spacial score (nSPS) is 28.9. The number of amidine groups is 1. The molecule has 6 rings (SSSR count). The highest BCUT2D eigenvalue weighted by atomic mass is 127. The second-order valence-electron chi connectivity index (χ2n) is 9.35. The van der Waals surface area contributed by atoms with Crippen molar-refractivity contribution >= 4 is 50.0 Å². The van der Waals surface area contributed by atoms with E-state index in [0.29, 0.717) is 5.69 Å². The first kappa shape index (κ1) is 22.0. The first-order chi connectivity index (χ1) is 16.2. The number of halogens is 2. The molecule has 0 saturated heterocycles. The number of anilines is 1. The third-order valence-electron chi connectivity index (χ3n) is 7.47. The van der Waals surface area contributed by atoms with E-state index in [1.807, 2.05) is 22.6 Å². The van der Waals surface area contributed by atoms with E-state index >= 15 is 0 Å². The molecular weight excluding hydrogens is 572 g/mol. The Labute approximate surface area is 210 Å². The maximum absolute atomic E-state index is 13.8. The van der Waals surface area contributed by atoms with Crippen molar-refractivity contribution in [2.24, 2.45) is 22.2 Å². The first-order valence-electron chi connectivity index (χ1n) is 11.1. The molecule has 2 heterocycles. The molecule has 0 unspecified atom stereocenters. The van der Waals surface area contributed by atoms with Crippen LogP contribution in [0.4, 0.5) is 10.1 Å². The summed E-state index contributed by atoms with van der Waals surface area (Å²) in [5.41, 5.74) is 0.991. The van der Waals surface area contributed by atoms with E-state index in [1.54, 1.807) is 29.2 Å². The number of carbonyl (C=O) groups is 1. The first-order valence-corrected chi connectivity index (χ1v) is 13.7. The minimum atomic E-state index is -4.06. The number of fused-ring (bicyclic) bond motifs is 6. The number of aliphatic hydroxyl groups excluding tert-OH is 1. The van der Waals surface area contributed by atoms with Crippen LogP contribution < -0.4 is 5.32 Å². The maximum atomic E-state index is 13.8. The van der Waals surface area contributed by atoms with E-state index in [2.05, 4.69) is 9.71 Å². The summed E-state index contributed by atoms with van der Waals surface area (Å²) >= 11 is 2.03. The van der Waals surface area contributed by atoms with E-state index in [1.165, 1.54) is 18.2 Å². The van der Waals surface area contributed by atoms with Gasteiger partial charge < -0.3 is 15.3 Å². The fourth-order valence-electron chi connectivity index (χ4n) is 6.08. The third-order valence-corrected chi connectivity index (χ3v) is 9.46. The molecule has 2 N–H and O–H groups in total. The van der Waals surface area contributed by atoms with Gasteiger partial charge in [0.15, 0.2) is 5.84 Å². The number of aliphatic hydroxyl groups is 1. The molecule has 2 aromatic rings. The molecule has 4 atom stereocenters. The Morgan fingerprint density at radius 2 is 1.88 bits per heavy atom. The minimum absolute atomic E-state index is 0.0347. The van der Waals surface area contributed by atoms with Gasteiger partial charge in [-0.05, 0) is 89.6 Å². The number of rotatable bonds is 3. The van der Waals surface area contributed by atoms with Crippen LogP contribution >= 0.6 is 22.6 Å². The van der Waals surface area contributed by atoms with Crippen molar-refractivity contribution in [1.29, 1.82) is 0 Å². The van der Waals surface area contributed by atoms with Gasteiger partial charge in [0.05, 0.1) is 5.69 Å². The van der Waals surface area contributed by atoms with Crippen molar-refractivity contribution in [3.8, 4) is 0 Å². The molecule has 2 fully saturated rings. The molecule has 0 aromatic heterocycles. The van der Waals surface area contributed by atoms with Crippen LogP contribution in [-0.4, -0.2) is 36.2 Å². The summed E-state index contributed by atoms with van der Waals surface area (Å²) in [6, 6.07) is 10.7. The minimum Gasteiger partial charge on any atom is -0.511 e. The van der Waals surface area contributed by atoms with Crippen LogP contribution in [0.2, 0.25) is 0 Å². The number of sulfonamides is 1. The van der Waals surface area contributed by atoms with E-state index in [0.717, 1.165) is 28.4 Å². The number of nitrogens with one attached hydrogen (secondary N) is 1. The van der Waals surface area contributed by atoms with Crippen LogP contribution in [0.5, 0.6) is 0 Å². The summed E-state index contributed by atoms with van der Waals surface area (Å²) in [4.78, 5) is 15.6. The molecule has 34 heavy (non-hydrogen) atoms. The average Bonchev–Trinajstić information content (AvgIpc) is 3.40. The zero-order valence-corrected chi connectivity index (χ0v) is 20.9. The molecule has 2 saturated carbocycles. The third kappa shape index (κ3) is 3.36. The van der Waals surface area contributed by atoms with Crippen LogP contribution in [0.3, 0.4) is 0 Å². The smallest absolute Gasteiger partial charge is 0.286 e. The SMILES string of the molecule is O=C1C(C2=NS(=O)(=O)c3cc(I)ccc3N2)=C(O)[C@H]2[C@H]3CC[C@H](C3)[C@@H]2N1Cc1ccc(F)cc1. The van der Waals surface area contributed by atoms with E-state index < -0.39 is 15.9 Å². The lowest BCUT2D eigenvalue weighted by molar-refractivity contribution is -0.134. The van der Waals surface area contributed by atoms with Gasteiger partial charge >= 0.3 is 0 Å². The zero-order valence-electron chi connectivity index (χ0n) is 17.9. The molecule has 10 heteroatoms. The van der Waals surface area contributed by atoms with Crippen LogP contribution in [-0.2, 0) is 21.4 Å². The Bertz CT molecular complexity index is 1390. The molecular formula is C24H21FIN3O4S. The number of hydrogen-bond acceptors (Lipinski definition) is 5. The summed E-state index contributed by atoms with van der Waals surface area (Å²) in [5, 5.41) is 14.3. The molecule has 2 aliphatic heterocycles. The summed E-state index contributed by atoms with van der Waals surface area (Å²) in [5.74, 6) is -0.818. The molecule has 176 valence electrons. The van der Waals surface area contributed by atoms with Crippen LogP contribution in [0.1, 0.15) is 24.8 Å². The monoisotopic (exact) mass is 593 g/mol. The second kappa shape index (κ2) is 7.77.